The van der Waals surface area contributed by atoms with Crippen molar-refractivity contribution in [3.05, 3.63) is 77.6 Å². The summed E-state index contributed by atoms with van der Waals surface area (Å²) in [5, 5.41) is 26.8. The highest BCUT2D eigenvalue weighted by molar-refractivity contribution is 5.89. The maximum atomic E-state index is 9.63. The number of hydrogen-bond acceptors (Lipinski definition) is 8. The molecule has 3 aromatic heterocycles. The first-order valence-corrected chi connectivity index (χ1v) is 11.3. The van der Waals surface area contributed by atoms with Crippen LogP contribution in [0.2, 0.25) is 0 Å². The molecule has 3 heterocycles. The van der Waals surface area contributed by atoms with Gasteiger partial charge in [0.05, 0.1) is 37.2 Å². The van der Waals surface area contributed by atoms with E-state index in [0.717, 1.165) is 16.8 Å². The second kappa shape index (κ2) is 9.76. The van der Waals surface area contributed by atoms with E-state index in [2.05, 4.69) is 21.6 Å². The van der Waals surface area contributed by atoms with Gasteiger partial charge in [-0.3, -0.25) is 4.68 Å². The minimum Gasteiger partial charge on any atom is -0.497 e. The van der Waals surface area contributed by atoms with Gasteiger partial charge in [0.1, 0.15) is 23.6 Å². The predicted octanol–water partition coefficient (Wildman–Crippen LogP) is 3.78. The average Bonchev–Trinajstić information content (AvgIpc) is 3.52. The molecule has 0 saturated carbocycles. The predicted molar refractivity (Wildman–Crippen MR) is 135 cm³/mol. The maximum absolute atomic E-state index is 9.63. The molecular weight excluding hydrogens is 456 g/mol. The molecule has 10 heteroatoms. The highest BCUT2D eigenvalue weighted by Crippen LogP contribution is 2.30. The van der Waals surface area contributed by atoms with E-state index in [1.165, 1.54) is 0 Å². The van der Waals surface area contributed by atoms with Gasteiger partial charge in [0.25, 0.3) is 0 Å². The van der Waals surface area contributed by atoms with Gasteiger partial charge >= 0.3 is 0 Å². The number of rotatable bonds is 8. The van der Waals surface area contributed by atoms with Crippen molar-refractivity contribution in [2.24, 2.45) is 7.05 Å². The quantitative estimate of drug-likeness (QED) is 0.357. The molecule has 0 amide bonds. The number of nitriles is 1. The molecule has 1 N–H and O–H groups in total. The van der Waals surface area contributed by atoms with Gasteiger partial charge in [-0.25, -0.2) is 4.98 Å². The maximum Gasteiger partial charge on any atom is 0.157 e. The molecular formula is C26H24N8O2. The number of benzene rings is 2. The Bertz CT molecular complexity index is 1580. The normalized spacial score (nSPS) is 10.8. The largest absolute Gasteiger partial charge is 0.497 e. The van der Waals surface area contributed by atoms with E-state index in [9.17, 15) is 5.26 Å². The Morgan fingerprint density at radius 3 is 2.61 bits per heavy atom. The van der Waals surface area contributed by atoms with Crippen LogP contribution in [0.25, 0.3) is 22.3 Å². The van der Waals surface area contributed by atoms with Crippen molar-refractivity contribution in [1.29, 1.82) is 5.26 Å². The van der Waals surface area contributed by atoms with Crippen LogP contribution in [-0.4, -0.2) is 44.0 Å². The zero-order chi connectivity index (χ0) is 25.1. The van der Waals surface area contributed by atoms with Gasteiger partial charge in [-0.2, -0.15) is 20.3 Å². The summed E-state index contributed by atoms with van der Waals surface area (Å²) >= 11 is 0. The Balaban J connectivity index is 1.56. The van der Waals surface area contributed by atoms with Gasteiger partial charge in [-0.1, -0.05) is 18.2 Å². The zero-order valence-corrected chi connectivity index (χ0v) is 20.1. The van der Waals surface area contributed by atoms with E-state index in [0.29, 0.717) is 52.7 Å². The van der Waals surface area contributed by atoms with Crippen LogP contribution >= 0.6 is 0 Å². The third-order valence-electron chi connectivity index (χ3n) is 5.75. The van der Waals surface area contributed by atoms with Crippen LogP contribution in [0.5, 0.6) is 11.5 Å². The van der Waals surface area contributed by atoms with Crippen molar-refractivity contribution in [3.8, 4) is 28.8 Å². The van der Waals surface area contributed by atoms with Gasteiger partial charge in [-0.15, -0.1) is 5.10 Å². The molecule has 0 aliphatic carbocycles. The van der Waals surface area contributed by atoms with E-state index in [-0.39, 0.29) is 0 Å². The standard InChI is InChI=1S/C26H24N8O2/c1-33-11-10-19(30-33)16-34-31-23-13-22(21-7-5-4-6-17(21)14-27)29-26(25(23)32-34)28-15-18-8-9-20(35-2)12-24(18)36-3/h4-13H,15-16H2,1-3H3,(H,28,29). The Hall–Kier alpha value is -4.91. The van der Waals surface area contributed by atoms with Crippen LogP contribution in [0.4, 0.5) is 5.82 Å². The van der Waals surface area contributed by atoms with E-state index >= 15 is 0 Å². The summed E-state index contributed by atoms with van der Waals surface area (Å²) in [4.78, 5) is 6.45. The number of nitrogens with one attached hydrogen (secondary N) is 1. The molecule has 2 aromatic carbocycles. The molecule has 5 aromatic rings. The fourth-order valence-electron chi connectivity index (χ4n) is 3.97. The van der Waals surface area contributed by atoms with Gasteiger partial charge in [-0.05, 0) is 30.3 Å². The van der Waals surface area contributed by atoms with Crippen LogP contribution in [0.15, 0.2) is 60.8 Å². The summed E-state index contributed by atoms with van der Waals surface area (Å²) in [5.74, 6) is 1.96. The summed E-state index contributed by atoms with van der Waals surface area (Å²) in [7, 11) is 5.11. The van der Waals surface area contributed by atoms with Crippen LogP contribution in [0.1, 0.15) is 16.8 Å². The number of pyridine rings is 1. The van der Waals surface area contributed by atoms with Crippen molar-refractivity contribution in [1.82, 2.24) is 29.8 Å². The third kappa shape index (κ3) is 4.54. The summed E-state index contributed by atoms with van der Waals surface area (Å²) < 4.78 is 12.6. The number of aryl methyl sites for hydroxylation is 1. The van der Waals surface area contributed by atoms with Gasteiger partial charge in [0, 0.05) is 37.0 Å². The molecule has 36 heavy (non-hydrogen) atoms. The molecule has 0 bridgehead atoms. The van der Waals surface area contributed by atoms with E-state index in [4.69, 9.17) is 19.6 Å². The molecule has 0 spiro atoms. The number of ether oxygens (including phenoxy) is 2. The first kappa shape index (κ1) is 22.9. The Morgan fingerprint density at radius 1 is 1.00 bits per heavy atom. The molecule has 0 radical (unpaired) electrons. The molecule has 0 aliphatic heterocycles. The molecule has 5 rings (SSSR count). The van der Waals surface area contributed by atoms with Crippen molar-refractivity contribution in [3.63, 3.8) is 0 Å². The summed E-state index contributed by atoms with van der Waals surface area (Å²) in [5.41, 5.74) is 4.95. The molecule has 0 unspecified atom stereocenters. The molecule has 0 saturated heterocycles. The van der Waals surface area contributed by atoms with E-state index < -0.39 is 0 Å². The topological polar surface area (TPSA) is 116 Å². The van der Waals surface area contributed by atoms with Crippen molar-refractivity contribution in [2.75, 3.05) is 19.5 Å². The summed E-state index contributed by atoms with van der Waals surface area (Å²) in [6, 6.07) is 19.0. The van der Waals surface area contributed by atoms with Gasteiger partial charge in [0.15, 0.2) is 11.3 Å². The smallest absolute Gasteiger partial charge is 0.157 e. The van der Waals surface area contributed by atoms with Crippen LogP contribution in [0, 0.1) is 11.3 Å². The zero-order valence-electron chi connectivity index (χ0n) is 20.1. The van der Waals surface area contributed by atoms with Gasteiger partial charge < -0.3 is 14.8 Å². The molecule has 0 aliphatic rings. The van der Waals surface area contributed by atoms with Crippen molar-refractivity contribution >= 4 is 16.9 Å². The SMILES string of the molecule is COc1ccc(CNc2nc(-c3ccccc3C#N)cc3nn(Cc4ccn(C)n4)nc23)c(OC)c1. The molecule has 180 valence electrons. The molecule has 0 fully saturated rings. The number of aromatic nitrogens is 6. The van der Waals surface area contributed by atoms with Crippen LogP contribution < -0.4 is 14.8 Å². The monoisotopic (exact) mass is 480 g/mol. The Morgan fingerprint density at radius 2 is 1.86 bits per heavy atom. The second-order valence-corrected chi connectivity index (χ2v) is 8.12. The third-order valence-corrected chi connectivity index (χ3v) is 5.75. The van der Waals surface area contributed by atoms with Crippen LogP contribution in [0.3, 0.4) is 0 Å². The summed E-state index contributed by atoms with van der Waals surface area (Å²) in [6.45, 7) is 0.858. The minimum atomic E-state index is 0.422. The van der Waals surface area contributed by atoms with Crippen LogP contribution in [-0.2, 0) is 20.1 Å². The number of fused-ring (bicyclic) bond motifs is 1. The van der Waals surface area contributed by atoms with E-state index in [1.54, 1.807) is 29.8 Å². The Labute approximate surface area is 207 Å². The fourth-order valence-corrected chi connectivity index (χ4v) is 3.97. The van der Waals surface area contributed by atoms with Gasteiger partial charge in [0.2, 0.25) is 0 Å². The first-order chi connectivity index (χ1) is 17.6. The lowest BCUT2D eigenvalue weighted by atomic mass is 10.0. The molecule has 0 atom stereocenters. The number of hydrogen-bond donors (Lipinski definition) is 1. The van der Waals surface area contributed by atoms with Crippen molar-refractivity contribution in [2.45, 2.75) is 13.1 Å². The lowest BCUT2D eigenvalue weighted by molar-refractivity contribution is 0.391. The fraction of sp³-hybridized carbons (Fsp3) is 0.192. The number of anilines is 1. The average molecular weight is 481 g/mol. The minimum absolute atomic E-state index is 0.422. The Kier molecular flexibility index (Phi) is 6.19. The second-order valence-electron chi connectivity index (χ2n) is 8.12. The molecule has 10 nitrogen and oxygen atoms in total. The highest BCUT2D eigenvalue weighted by atomic mass is 16.5. The lowest BCUT2D eigenvalue weighted by Crippen LogP contribution is -2.06. The summed E-state index contributed by atoms with van der Waals surface area (Å²) in [6.07, 6.45) is 1.88. The number of nitrogens with zero attached hydrogens (tertiary/aromatic N) is 7. The first-order valence-electron chi connectivity index (χ1n) is 11.3. The number of methoxy groups -OCH3 is 2. The van der Waals surface area contributed by atoms with Crippen molar-refractivity contribution < 1.29 is 9.47 Å². The van der Waals surface area contributed by atoms with E-state index in [1.807, 2.05) is 61.8 Å². The highest BCUT2D eigenvalue weighted by Gasteiger charge is 2.16. The lowest BCUT2D eigenvalue weighted by Gasteiger charge is -2.13.